The number of nitrogens with zero attached hydrogens (tertiary/aromatic N) is 3. The molecule has 1 N–H and O–H groups in total. The van der Waals surface area contributed by atoms with Crippen LogP contribution in [0.15, 0.2) is 81.0 Å². The monoisotopic (exact) mass is 487 g/mol. The summed E-state index contributed by atoms with van der Waals surface area (Å²) in [5.41, 5.74) is 1.77. The fourth-order valence-electron chi connectivity index (χ4n) is 4.11. The number of anilines is 1. The molecule has 2 aliphatic rings. The Morgan fingerprint density at radius 2 is 1.74 bits per heavy atom. The molecule has 7 nitrogen and oxygen atoms in total. The number of carbonyl (C=O) groups is 2. The van der Waals surface area contributed by atoms with Crippen molar-refractivity contribution in [1.82, 2.24) is 4.90 Å². The maximum Gasteiger partial charge on any atom is 0.335 e. The van der Waals surface area contributed by atoms with E-state index in [1.807, 2.05) is 42.5 Å². The standard InChI is InChI=1S/C27H25N3O4S/c31-25-23(17-22-13-14-24(34-22)29-15-5-2-6-16-29)35-27(28-21-7-3-1-4-8-21)30(25)18-19-9-11-20(12-10-19)26(32)33/h1,3-4,7-14,17H,2,5-6,15-16,18H2,(H,32,33)/b23-17-,28-27?. The molecule has 0 unspecified atom stereocenters. The summed E-state index contributed by atoms with van der Waals surface area (Å²) in [5.74, 6) is 0.319. The summed E-state index contributed by atoms with van der Waals surface area (Å²) < 4.78 is 6.05. The molecular weight excluding hydrogens is 462 g/mol. The van der Waals surface area contributed by atoms with E-state index in [1.54, 1.807) is 35.2 Å². The van der Waals surface area contributed by atoms with E-state index in [9.17, 15) is 9.59 Å². The number of rotatable bonds is 6. The fraction of sp³-hybridized carbons (Fsp3) is 0.222. The van der Waals surface area contributed by atoms with Crippen LogP contribution in [0, 0.1) is 0 Å². The molecule has 8 heteroatoms. The summed E-state index contributed by atoms with van der Waals surface area (Å²) in [7, 11) is 0. The van der Waals surface area contributed by atoms with Crippen molar-refractivity contribution in [2.24, 2.45) is 4.99 Å². The summed E-state index contributed by atoms with van der Waals surface area (Å²) in [6, 6.07) is 19.9. The lowest BCUT2D eigenvalue weighted by atomic mass is 10.1. The number of hydrogen-bond acceptors (Lipinski definition) is 6. The van der Waals surface area contributed by atoms with E-state index in [0.29, 0.717) is 15.8 Å². The van der Waals surface area contributed by atoms with E-state index < -0.39 is 5.97 Å². The van der Waals surface area contributed by atoms with Gasteiger partial charge in [0, 0.05) is 25.2 Å². The fourth-order valence-corrected chi connectivity index (χ4v) is 5.09. The van der Waals surface area contributed by atoms with Gasteiger partial charge in [0.25, 0.3) is 5.91 Å². The summed E-state index contributed by atoms with van der Waals surface area (Å²) in [4.78, 5) is 33.7. The van der Waals surface area contributed by atoms with Gasteiger partial charge in [-0.15, -0.1) is 0 Å². The number of hydrogen-bond donors (Lipinski definition) is 1. The Hall–Kier alpha value is -3.78. The zero-order valence-corrected chi connectivity index (χ0v) is 19.9. The molecule has 2 aromatic carbocycles. The largest absolute Gasteiger partial charge is 0.478 e. The van der Waals surface area contributed by atoms with Crippen LogP contribution in [0.2, 0.25) is 0 Å². The first-order valence-electron chi connectivity index (χ1n) is 11.6. The maximum atomic E-state index is 13.4. The number of benzene rings is 2. The molecule has 0 atom stereocenters. The van der Waals surface area contributed by atoms with Crippen molar-refractivity contribution in [2.45, 2.75) is 25.8 Å². The van der Waals surface area contributed by atoms with Crippen LogP contribution < -0.4 is 4.90 Å². The highest BCUT2D eigenvalue weighted by Crippen LogP contribution is 2.36. The number of aliphatic imine (C=N–C) groups is 1. The molecule has 3 aromatic rings. The lowest BCUT2D eigenvalue weighted by Gasteiger charge is -2.25. The molecule has 0 radical (unpaired) electrons. The molecular formula is C27H25N3O4S. The van der Waals surface area contributed by atoms with Gasteiger partial charge in [-0.25, -0.2) is 9.79 Å². The molecule has 35 heavy (non-hydrogen) atoms. The minimum Gasteiger partial charge on any atom is -0.478 e. The van der Waals surface area contributed by atoms with E-state index in [1.165, 1.54) is 18.2 Å². The van der Waals surface area contributed by atoms with E-state index in [4.69, 9.17) is 14.5 Å². The molecule has 0 bridgehead atoms. The van der Waals surface area contributed by atoms with E-state index in [2.05, 4.69) is 4.90 Å². The second-order valence-electron chi connectivity index (χ2n) is 8.46. The Morgan fingerprint density at radius 3 is 2.46 bits per heavy atom. The first kappa shape index (κ1) is 23.0. The Morgan fingerprint density at radius 1 is 1.00 bits per heavy atom. The third-order valence-electron chi connectivity index (χ3n) is 5.96. The average Bonchev–Trinajstić information content (AvgIpc) is 3.46. The van der Waals surface area contributed by atoms with E-state index in [-0.39, 0.29) is 18.0 Å². The second kappa shape index (κ2) is 10.2. The van der Waals surface area contributed by atoms with Crippen LogP contribution in [0.3, 0.4) is 0 Å². The molecule has 5 rings (SSSR count). The van der Waals surface area contributed by atoms with Gasteiger partial charge in [0.15, 0.2) is 11.1 Å². The normalized spacial score (nSPS) is 18.6. The molecule has 2 saturated heterocycles. The molecule has 2 fully saturated rings. The Balaban J connectivity index is 1.42. The summed E-state index contributed by atoms with van der Waals surface area (Å²) in [5, 5.41) is 9.73. The number of carbonyl (C=O) groups excluding carboxylic acids is 1. The number of furan rings is 1. The van der Waals surface area contributed by atoms with Crippen LogP contribution in [0.25, 0.3) is 6.08 Å². The van der Waals surface area contributed by atoms with Gasteiger partial charge in [0.2, 0.25) is 0 Å². The third kappa shape index (κ3) is 5.33. The highest BCUT2D eigenvalue weighted by Gasteiger charge is 2.34. The molecule has 0 spiro atoms. The van der Waals surface area contributed by atoms with Gasteiger partial charge in [-0.3, -0.25) is 9.69 Å². The highest BCUT2D eigenvalue weighted by molar-refractivity contribution is 8.18. The van der Waals surface area contributed by atoms with Crippen LogP contribution in [0.4, 0.5) is 11.6 Å². The first-order valence-corrected chi connectivity index (χ1v) is 12.4. The molecule has 0 aliphatic carbocycles. The average molecular weight is 488 g/mol. The first-order chi connectivity index (χ1) is 17.1. The Bertz CT molecular complexity index is 1280. The van der Waals surface area contributed by atoms with Gasteiger partial charge in [-0.05, 0) is 66.9 Å². The molecule has 0 saturated carbocycles. The van der Waals surface area contributed by atoms with E-state index >= 15 is 0 Å². The van der Waals surface area contributed by atoms with Crippen LogP contribution in [0.1, 0.15) is 40.9 Å². The Kier molecular flexibility index (Phi) is 6.72. The quantitative estimate of drug-likeness (QED) is 0.444. The number of para-hydroxylation sites is 1. The van der Waals surface area contributed by atoms with Crippen molar-refractivity contribution in [1.29, 1.82) is 0 Å². The van der Waals surface area contributed by atoms with Crippen LogP contribution in [-0.4, -0.2) is 40.1 Å². The summed E-state index contributed by atoms with van der Waals surface area (Å²) >= 11 is 1.31. The van der Waals surface area contributed by atoms with E-state index in [0.717, 1.165) is 43.1 Å². The van der Waals surface area contributed by atoms with Crippen molar-refractivity contribution in [3.05, 3.63) is 88.5 Å². The van der Waals surface area contributed by atoms with Crippen molar-refractivity contribution >= 4 is 46.5 Å². The Labute approximate surface area is 207 Å². The molecule has 2 aliphatic heterocycles. The third-order valence-corrected chi connectivity index (χ3v) is 6.97. The zero-order chi connectivity index (χ0) is 24.2. The number of carboxylic acid groups (broad SMARTS) is 1. The van der Waals surface area contributed by atoms with Gasteiger partial charge in [0.05, 0.1) is 22.7 Å². The number of amidine groups is 1. The predicted octanol–water partition coefficient (Wildman–Crippen LogP) is 5.77. The number of piperidine rings is 1. The second-order valence-corrected chi connectivity index (χ2v) is 9.47. The van der Waals surface area contributed by atoms with Crippen LogP contribution in [0.5, 0.6) is 0 Å². The number of aromatic carboxylic acids is 1. The van der Waals surface area contributed by atoms with Crippen molar-refractivity contribution in [3.8, 4) is 0 Å². The maximum absolute atomic E-state index is 13.4. The van der Waals surface area contributed by atoms with Gasteiger partial charge in [0.1, 0.15) is 5.76 Å². The lowest BCUT2D eigenvalue weighted by molar-refractivity contribution is -0.122. The number of thioether (sulfide) groups is 1. The lowest BCUT2D eigenvalue weighted by Crippen LogP contribution is -2.28. The zero-order valence-electron chi connectivity index (χ0n) is 19.1. The summed E-state index contributed by atoms with van der Waals surface area (Å²) in [6.45, 7) is 2.25. The van der Waals surface area contributed by atoms with Gasteiger partial charge in [-0.2, -0.15) is 0 Å². The van der Waals surface area contributed by atoms with Gasteiger partial charge >= 0.3 is 5.97 Å². The van der Waals surface area contributed by atoms with Crippen molar-refractivity contribution in [2.75, 3.05) is 18.0 Å². The smallest absolute Gasteiger partial charge is 0.335 e. The van der Waals surface area contributed by atoms with Gasteiger partial charge < -0.3 is 14.4 Å². The SMILES string of the molecule is O=C(O)c1ccc(CN2C(=O)/C(=C/c3ccc(N4CCCCC4)o3)SC2=Nc2ccccc2)cc1. The van der Waals surface area contributed by atoms with Crippen LogP contribution >= 0.6 is 11.8 Å². The minimum atomic E-state index is -0.983. The highest BCUT2D eigenvalue weighted by atomic mass is 32.2. The molecule has 1 amide bonds. The minimum absolute atomic E-state index is 0.164. The molecule has 3 heterocycles. The number of carboxylic acids is 1. The molecule has 1 aromatic heterocycles. The number of amides is 1. The summed E-state index contributed by atoms with van der Waals surface area (Å²) in [6.07, 6.45) is 5.34. The van der Waals surface area contributed by atoms with Crippen LogP contribution in [-0.2, 0) is 11.3 Å². The molecule has 178 valence electrons. The van der Waals surface area contributed by atoms with Crippen molar-refractivity contribution < 1.29 is 19.1 Å². The predicted molar refractivity (Wildman–Crippen MR) is 138 cm³/mol. The van der Waals surface area contributed by atoms with Gasteiger partial charge in [-0.1, -0.05) is 30.3 Å². The van der Waals surface area contributed by atoms with Crippen molar-refractivity contribution in [3.63, 3.8) is 0 Å². The topological polar surface area (TPSA) is 86.4 Å².